The van der Waals surface area contributed by atoms with Gasteiger partial charge in [-0.05, 0) is 89.5 Å². The van der Waals surface area contributed by atoms with Crippen LogP contribution in [-0.4, -0.2) is 23.9 Å². The number of benzene rings is 8. The van der Waals surface area contributed by atoms with E-state index in [1.165, 1.54) is 0 Å². The number of esters is 4. The van der Waals surface area contributed by atoms with E-state index >= 15 is 0 Å². The summed E-state index contributed by atoms with van der Waals surface area (Å²) >= 11 is 0. The van der Waals surface area contributed by atoms with Crippen molar-refractivity contribution in [2.45, 2.75) is 13.3 Å². The van der Waals surface area contributed by atoms with E-state index in [1.807, 2.05) is 67.6 Å². The molecule has 0 heterocycles. The molecule has 0 atom stereocenters. The van der Waals surface area contributed by atoms with Crippen LogP contribution in [0.15, 0.2) is 188 Å². The van der Waals surface area contributed by atoms with Crippen molar-refractivity contribution >= 4 is 45.4 Å². The van der Waals surface area contributed by atoms with E-state index in [0.717, 1.165) is 16.3 Å². The molecule has 0 unspecified atom stereocenters. The Morgan fingerprint density at radius 1 is 0.345 bits per heavy atom. The van der Waals surface area contributed by atoms with Crippen LogP contribution in [0.2, 0.25) is 0 Å². The van der Waals surface area contributed by atoms with Crippen LogP contribution in [0.1, 0.15) is 53.9 Å². The minimum Gasteiger partial charge on any atom is -0.422 e. The van der Waals surface area contributed by atoms with Gasteiger partial charge in [-0.25, -0.2) is 19.2 Å². The predicted octanol–water partition coefficient (Wildman–Crippen LogP) is 11.1. The van der Waals surface area contributed by atoms with Crippen molar-refractivity contribution in [2.24, 2.45) is 0 Å². The fraction of sp³-hybridized carbons (Fsp3) is 0.0400. The zero-order valence-electron chi connectivity index (χ0n) is 31.4. The standard InChI is InChI=1S/C26H20O4.C24H16O4/c1-2-18-16-17-19-14-9-15-22(29-25(27)20-10-5-3-6-11-20)23(19)24(18)30-26(28)21-12-7-4-8-13-21;25-23(18-9-3-1-4-10-18)27-20-15-7-13-17-14-8-16-21(22(17)20)28-24(26)19-11-5-2-6-12-19/h3-17H,2H2,1H3;1-16H. The molecule has 0 aromatic heterocycles. The summed E-state index contributed by atoms with van der Waals surface area (Å²) < 4.78 is 22.8. The fourth-order valence-electron chi connectivity index (χ4n) is 6.20. The Bertz CT molecular complexity index is 2630. The summed E-state index contributed by atoms with van der Waals surface area (Å²) in [5.41, 5.74) is 2.64. The fourth-order valence-corrected chi connectivity index (χ4v) is 6.20. The third-order valence-corrected chi connectivity index (χ3v) is 9.09. The first-order chi connectivity index (χ1) is 28.4. The Balaban J connectivity index is 0.000000177. The van der Waals surface area contributed by atoms with Gasteiger partial charge in [0, 0.05) is 0 Å². The quantitative estimate of drug-likeness (QED) is 0.106. The summed E-state index contributed by atoms with van der Waals surface area (Å²) in [6.45, 7) is 1.99. The minimum absolute atomic E-state index is 0.336. The molecule has 0 N–H and O–H groups in total. The van der Waals surface area contributed by atoms with Gasteiger partial charge in [-0.2, -0.15) is 0 Å². The van der Waals surface area contributed by atoms with Crippen molar-refractivity contribution in [3.63, 3.8) is 0 Å². The van der Waals surface area contributed by atoms with E-state index in [4.69, 9.17) is 18.9 Å². The van der Waals surface area contributed by atoms with Crippen LogP contribution in [0.4, 0.5) is 0 Å². The molecule has 0 spiro atoms. The number of carbonyl (C=O) groups is 4. The molecule has 0 radical (unpaired) electrons. The Morgan fingerprint density at radius 2 is 0.672 bits per heavy atom. The molecule has 0 saturated carbocycles. The van der Waals surface area contributed by atoms with E-state index in [-0.39, 0.29) is 0 Å². The van der Waals surface area contributed by atoms with Crippen LogP contribution >= 0.6 is 0 Å². The minimum atomic E-state index is -0.475. The molecule has 8 rings (SSSR count). The van der Waals surface area contributed by atoms with Crippen LogP contribution in [0.25, 0.3) is 21.5 Å². The Hall–Kier alpha value is -7.84. The highest BCUT2D eigenvalue weighted by Crippen LogP contribution is 2.38. The van der Waals surface area contributed by atoms with Crippen LogP contribution in [0.3, 0.4) is 0 Å². The van der Waals surface area contributed by atoms with Gasteiger partial charge in [0.1, 0.15) is 23.0 Å². The summed E-state index contributed by atoms with van der Waals surface area (Å²) in [7, 11) is 0. The second-order valence-corrected chi connectivity index (χ2v) is 12.9. The summed E-state index contributed by atoms with van der Waals surface area (Å²) in [6.07, 6.45) is 0.661. The lowest BCUT2D eigenvalue weighted by Gasteiger charge is -2.15. The first-order valence-corrected chi connectivity index (χ1v) is 18.5. The summed E-state index contributed by atoms with van der Waals surface area (Å²) in [5, 5.41) is 2.79. The zero-order valence-corrected chi connectivity index (χ0v) is 31.4. The normalized spacial score (nSPS) is 10.5. The van der Waals surface area contributed by atoms with Crippen LogP contribution in [-0.2, 0) is 6.42 Å². The molecule has 284 valence electrons. The maximum atomic E-state index is 12.8. The van der Waals surface area contributed by atoms with Gasteiger partial charge < -0.3 is 18.9 Å². The molecule has 0 bridgehead atoms. The SMILES string of the molecule is CCc1ccc2cccc(OC(=O)c3ccccc3)c2c1OC(=O)c1ccccc1.O=C(Oc1cccc2cccc(OC(=O)c3ccccc3)c12)c1ccccc1. The average molecular weight is 765 g/mol. The van der Waals surface area contributed by atoms with Crippen LogP contribution in [0.5, 0.6) is 23.0 Å². The van der Waals surface area contributed by atoms with Gasteiger partial charge in [0.15, 0.2) is 0 Å². The zero-order chi connectivity index (χ0) is 40.3. The summed E-state index contributed by atoms with van der Waals surface area (Å²) in [5.74, 6) is -0.430. The number of fused-ring (bicyclic) bond motifs is 2. The molecule has 58 heavy (non-hydrogen) atoms. The van der Waals surface area contributed by atoms with E-state index in [1.54, 1.807) is 127 Å². The van der Waals surface area contributed by atoms with Crippen molar-refractivity contribution in [2.75, 3.05) is 0 Å². The monoisotopic (exact) mass is 764 g/mol. The Morgan fingerprint density at radius 3 is 1.03 bits per heavy atom. The summed E-state index contributed by atoms with van der Waals surface area (Å²) in [6, 6.07) is 55.1. The van der Waals surface area contributed by atoms with Crippen LogP contribution < -0.4 is 18.9 Å². The maximum Gasteiger partial charge on any atom is 0.343 e. The molecular formula is C50H36O8. The van der Waals surface area contributed by atoms with Crippen molar-refractivity contribution in [3.8, 4) is 23.0 Å². The molecule has 0 aliphatic rings. The Kier molecular flexibility index (Phi) is 12.1. The third kappa shape index (κ3) is 8.99. The molecule has 0 fully saturated rings. The second-order valence-electron chi connectivity index (χ2n) is 12.9. The molecule has 0 aliphatic heterocycles. The van der Waals surface area contributed by atoms with Crippen LogP contribution in [0, 0.1) is 0 Å². The highest BCUT2D eigenvalue weighted by Gasteiger charge is 2.20. The van der Waals surface area contributed by atoms with Gasteiger partial charge in [-0.1, -0.05) is 128 Å². The highest BCUT2D eigenvalue weighted by atomic mass is 16.6. The van der Waals surface area contributed by atoms with Gasteiger partial charge in [0.2, 0.25) is 0 Å². The van der Waals surface area contributed by atoms with Gasteiger partial charge in [-0.3, -0.25) is 0 Å². The highest BCUT2D eigenvalue weighted by molar-refractivity contribution is 6.02. The predicted molar refractivity (Wildman–Crippen MR) is 223 cm³/mol. The first-order valence-electron chi connectivity index (χ1n) is 18.5. The number of hydrogen-bond donors (Lipinski definition) is 0. The molecule has 0 amide bonds. The smallest absolute Gasteiger partial charge is 0.343 e. The molecule has 8 nitrogen and oxygen atoms in total. The average Bonchev–Trinajstić information content (AvgIpc) is 3.28. The van der Waals surface area contributed by atoms with Crippen molar-refractivity contribution < 1.29 is 38.1 Å². The van der Waals surface area contributed by atoms with Crippen molar-refractivity contribution in [3.05, 3.63) is 216 Å². The van der Waals surface area contributed by atoms with E-state index in [9.17, 15) is 19.2 Å². The molecule has 0 aliphatic carbocycles. The van der Waals surface area contributed by atoms with Crippen molar-refractivity contribution in [1.82, 2.24) is 0 Å². The molecule has 8 aromatic rings. The van der Waals surface area contributed by atoms with Gasteiger partial charge in [0.05, 0.1) is 33.0 Å². The molecule has 8 aromatic carbocycles. The molecule has 8 heteroatoms. The number of ether oxygens (including phenoxy) is 4. The summed E-state index contributed by atoms with van der Waals surface area (Å²) in [4.78, 5) is 50.4. The first kappa shape index (κ1) is 38.4. The van der Waals surface area contributed by atoms with E-state index in [2.05, 4.69) is 0 Å². The van der Waals surface area contributed by atoms with E-state index < -0.39 is 23.9 Å². The van der Waals surface area contributed by atoms with E-state index in [0.29, 0.717) is 62.4 Å². The lowest BCUT2D eigenvalue weighted by molar-refractivity contribution is 0.0718. The van der Waals surface area contributed by atoms with Gasteiger partial charge in [0.25, 0.3) is 0 Å². The number of aryl methyl sites for hydroxylation is 1. The maximum absolute atomic E-state index is 12.8. The second kappa shape index (κ2) is 18.2. The van der Waals surface area contributed by atoms with Gasteiger partial charge in [-0.15, -0.1) is 0 Å². The topological polar surface area (TPSA) is 105 Å². The Labute approximate surface area is 334 Å². The van der Waals surface area contributed by atoms with Gasteiger partial charge >= 0.3 is 23.9 Å². The number of hydrogen-bond acceptors (Lipinski definition) is 8. The number of rotatable bonds is 9. The third-order valence-electron chi connectivity index (χ3n) is 9.09. The molecule has 0 saturated heterocycles. The lowest BCUT2D eigenvalue weighted by Crippen LogP contribution is -2.12. The van der Waals surface area contributed by atoms with Crippen molar-refractivity contribution in [1.29, 1.82) is 0 Å². The number of carbonyl (C=O) groups excluding carboxylic acids is 4. The lowest BCUT2D eigenvalue weighted by atomic mass is 10.0. The largest absolute Gasteiger partial charge is 0.422 e. The molecular weight excluding hydrogens is 729 g/mol.